The molecule has 0 saturated heterocycles. The van der Waals surface area contributed by atoms with E-state index in [1.807, 2.05) is 12.3 Å². The third kappa shape index (κ3) is 3.27. The molecular weight excluding hydrogens is 186 g/mol. The average Bonchev–Trinajstić information content (AvgIpc) is 2.17. The molecule has 1 rings (SSSR count). The van der Waals surface area contributed by atoms with E-state index < -0.39 is 0 Å². The molecule has 1 aromatic heterocycles. The van der Waals surface area contributed by atoms with Crippen LogP contribution in [-0.4, -0.2) is 16.5 Å². The number of aromatic nitrogens is 2. The molecule has 0 spiro atoms. The van der Waals surface area contributed by atoms with Crippen LogP contribution in [0.3, 0.4) is 0 Å². The minimum absolute atomic E-state index is 0.0835. The lowest BCUT2D eigenvalue weighted by Crippen LogP contribution is -2.16. The van der Waals surface area contributed by atoms with Crippen LogP contribution in [0.25, 0.3) is 0 Å². The molecule has 0 radical (unpaired) electrons. The molecule has 0 amide bonds. The Kier molecular flexibility index (Phi) is 3.80. The molecule has 1 unspecified atom stereocenters. The van der Waals surface area contributed by atoms with Crippen LogP contribution in [-0.2, 0) is 5.41 Å². The third-order valence-electron chi connectivity index (χ3n) is 2.48. The van der Waals surface area contributed by atoms with Crippen molar-refractivity contribution in [3.63, 3.8) is 0 Å². The highest BCUT2D eigenvalue weighted by Gasteiger charge is 2.17. The normalized spacial score (nSPS) is 13.9. The Morgan fingerprint density at radius 2 is 2.07 bits per heavy atom. The van der Waals surface area contributed by atoms with Gasteiger partial charge in [0.15, 0.2) is 0 Å². The van der Waals surface area contributed by atoms with E-state index in [2.05, 4.69) is 37.7 Å². The van der Waals surface area contributed by atoms with Crippen LogP contribution >= 0.6 is 0 Å². The van der Waals surface area contributed by atoms with E-state index in [0.29, 0.717) is 12.5 Å². The number of hydrogen-bond donors (Lipinski definition) is 1. The maximum absolute atomic E-state index is 5.54. The van der Waals surface area contributed by atoms with Crippen molar-refractivity contribution in [2.24, 2.45) is 5.73 Å². The van der Waals surface area contributed by atoms with Crippen molar-refractivity contribution in [1.82, 2.24) is 9.97 Å². The molecule has 1 atom stereocenters. The Labute approximate surface area is 92.1 Å². The molecule has 0 aliphatic carbocycles. The van der Waals surface area contributed by atoms with E-state index in [9.17, 15) is 0 Å². The van der Waals surface area contributed by atoms with E-state index in [-0.39, 0.29) is 5.41 Å². The van der Waals surface area contributed by atoms with Crippen molar-refractivity contribution in [2.75, 3.05) is 6.54 Å². The average molecular weight is 207 g/mol. The largest absolute Gasteiger partial charge is 0.330 e. The van der Waals surface area contributed by atoms with E-state index in [1.54, 1.807) is 0 Å². The smallest absolute Gasteiger partial charge is 0.131 e. The van der Waals surface area contributed by atoms with E-state index in [1.165, 1.54) is 0 Å². The molecule has 0 bridgehead atoms. The summed E-state index contributed by atoms with van der Waals surface area (Å²) in [5, 5.41) is 0. The molecule has 2 N–H and O–H groups in total. The van der Waals surface area contributed by atoms with Crippen LogP contribution in [0.1, 0.15) is 51.6 Å². The number of hydrogen-bond acceptors (Lipinski definition) is 3. The van der Waals surface area contributed by atoms with Crippen molar-refractivity contribution in [3.05, 3.63) is 23.8 Å². The fraction of sp³-hybridized carbons (Fsp3) is 0.667. The van der Waals surface area contributed by atoms with Gasteiger partial charge in [0.05, 0.1) is 0 Å². The minimum Gasteiger partial charge on any atom is -0.330 e. The molecule has 0 aliphatic heterocycles. The van der Waals surface area contributed by atoms with Crippen molar-refractivity contribution in [1.29, 1.82) is 0 Å². The molecular formula is C12H21N3. The maximum atomic E-state index is 5.54. The summed E-state index contributed by atoms with van der Waals surface area (Å²) in [5.74, 6) is 1.25. The summed E-state index contributed by atoms with van der Waals surface area (Å²) in [6, 6.07) is 1.98. The van der Waals surface area contributed by atoms with Crippen molar-refractivity contribution < 1.29 is 0 Å². The minimum atomic E-state index is 0.0835. The second-order valence-corrected chi connectivity index (χ2v) is 5.03. The molecule has 15 heavy (non-hydrogen) atoms. The lowest BCUT2D eigenvalue weighted by Gasteiger charge is -2.19. The molecule has 3 nitrogen and oxygen atoms in total. The second-order valence-electron chi connectivity index (χ2n) is 5.03. The molecule has 3 heteroatoms. The first-order valence-corrected chi connectivity index (χ1v) is 5.48. The summed E-state index contributed by atoms with van der Waals surface area (Å²) in [6.07, 6.45) is 2.78. The molecule has 0 saturated carbocycles. The maximum Gasteiger partial charge on any atom is 0.131 e. The second kappa shape index (κ2) is 4.71. The molecule has 0 fully saturated rings. The van der Waals surface area contributed by atoms with E-state index in [0.717, 1.165) is 17.9 Å². The summed E-state index contributed by atoms with van der Waals surface area (Å²) in [7, 11) is 0. The Morgan fingerprint density at radius 1 is 1.40 bits per heavy atom. The molecule has 0 aliphatic rings. The predicted octanol–water partition coefficient (Wildman–Crippen LogP) is 2.23. The van der Waals surface area contributed by atoms with E-state index in [4.69, 9.17) is 5.73 Å². The van der Waals surface area contributed by atoms with Crippen molar-refractivity contribution in [2.45, 2.75) is 45.4 Å². The van der Waals surface area contributed by atoms with Gasteiger partial charge in [0.1, 0.15) is 5.82 Å². The molecule has 1 aromatic rings. The molecule has 84 valence electrons. The van der Waals surface area contributed by atoms with Crippen LogP contribution in [0.15, 0.2) is 12.3 Å². The van der Waals surface area contributed by atoms with Gasteiger partial charge in [-0.1, -0.05) is 27.7 Å². The molecule has 0 aromatic carbocycles. The van der Waals surface area contributed by atoms with Crippen LogP contribution in [0, 0.1) is 0 Å². The van der Waals surface area contributed by atoms with Crippen LogP contribution < -0.4 is 5.73 Å². The summed E-state index contributed by atoms with van der Waals surface area (Å²) in [5.41, 5.74) is 6.71. The number of nitrogens with two attached hydrogens (primary N) is 1. The first-order valence-electron chi connectivity index (χ1n) is 5.48. The van der Waals surface area contributed by atoms with Crippen LogP contribution in [0.2, 0.25) is 0 Å². The lowest BCUT2D eigenvalue weighted by atomic mass is 9.92. The highest BCUT2D eigenvalue weighted by atomic mass is 14.9. The molecule has 1 heterocycles. The SMILES string of the molecule is CC(CCN)c1nccc(C(C)(C)C)n1. The van der Waals surface area contributed by atoms with Gasteiger partial charge in [0, 0.05) is 23.2 Å². The fourth-order valence-electron chi connectivity index (χ4n) is 1.41. The quantitative estimate of drug-likeness (QED) is 0.827. The van der Waals surface area contributed by atoms with Gasteiger partial charge in [-0.3, -0.25) is 0 Å². The van der Waals surface area contributed by atoms with Gasteiger partial charge >= 0.3 is 0 Å². The van der Waals surface area contributed by atoms with Crippen molar-refractivity contribution >= 4 is 0 Å². The van der Waals surface area contributed by atoms with Gasteiger partial charge in [0.2, 0.25) is 0 Å². The Bertz CT molecular complexity index is 315. The standard InChI is InChI=1S/C12H21N3/c1-9(5-7-13)11-14-8-6-10(15-11)12(2,3)4/h6,8-9H,5,7,13H2,1-4H3. The van der Waals surface area contributed by atoms with Crippen molar-refractivity contribution in [3.8, 4) is 0 Å². The van der Waals surface area contributed by atoms with Gasteiger partial charge in [-0.25, -0.2) is 9.97 Å². The zero-order valence-electron chi connectivity index (χ0n) is 10.1. The predicted molar refractivity (Wildman–Crippen MR) is 62.8 cm³/mol. The highest BCUT2D eigenvalue weighted by Crippen LogP contribution is 2.21. The van der Waals surface area contributed by atoms with E-state index >= 15 is 0 Å². The Balaban J connectivity index is 2.92. The highest BCUT2D eigenvalue weighted by molar-refractivity contribution is 5.13. The summed E-state index contributed by atoms with van der Waals surface area (Å²) in [6.45, 7) is 9.28. The van der Waals surface area contributed by atoms with Gasteiger partial charge in [-0.05, 0) is 19.0 Å². The van der Waals surface area contributed by atoms with Gasteiger partial charge in [0.25, 0.3) is 0 Å². The van der Waals surface area contributed by atoms with Gasteiger partial charge < -0.3 is 5.73 Å². The number of nitrogens with zero attached hydrogens (tertiary/aromatic N) is 2. The van der Waals surface area contributed by atoms with Gasteiger partial charge in [-0.2, -0.15) is 0 Å². The fourth-order valence-corrected chi connectivity index (χ4v) is 1.41. The summed E-state index contributed by atoms with van der Waals surface area (Å²) >= 11 is 0. The third-order valence-corrected chi connectivity index (χ3v) is 2.48. The first kappa shape index (κ1) is 12.1. The lowest BCUT2D eigenvalue weighted by molar-refractivity contribution is 0.551. The Hall–Kier alpha value is -0.960. The Morgan fingerprint density at radius 3 is 2.60 bits per heavy atom. The topological polar surface area (TPSA) is 51.8 Å². The first-order chi connectivity index (χ1) is 6.95. The van der Waals surface area contributed by atoms with Gasteiger partial charge in [-0.15, -0.1) is 0 Å². The summed E-state index contributed by atoms with van der Waals surface area (Å²) in [4.78, 5) is 8.90. The number of rotatable bonds is 3. The summed E-state index contributed by atoms with van der Waals surface area (Å²) < 4.78 is 0. The monoisotopic (exact) mass is 207 g/mol. The van der Waals surface area contributed by atoms with Crippen LogP contribution in [0.5, 0.6) is 0 Å². The van der Waals surface area contributed by atoms with Crippen LogP contribution in [0.4, 0.5) is 0 Å². The zero-order valence-corrected chi connectivity index (χ0v) is 10.1. The zero-order chi connectivity index (χ0) is 11.5.